The lowest BCUT2D eigenvalue weighted by Gasteiger charge is -2.46. The van der Waals surface area contributed by atoms with E-state index in [4.69, 9.17) is 0 Å². The van der Waals surface area contributed by atoms with E-state index in [2.05, 4.69) is 5.32 Å². The van der Waals surface area contributed by atoms with Gasteiger partial charge in [0.05, 0.1) is 6.10 Å². The lowest BCUT2D eigenvalue weighted by molar-refractivity contribution is -0.0290. The van der Waals surface area contributed by atoms with Crippen LogP contribution in [0.1, 0.15) is 25.7 Å². The van der Waals surface area contributed by atoms with Crippen LogP contribution in [0.3, 0.4) is 0 Å². The molecule has 0 aromatic carbocycles. The molecule has 2 bridgehead atoms. The predicted molar refractivity (Wildman–Crippen MR) is 44.3 cm³/mol. The van der Waals surface area contributed by atoms with Gasteiger partial charge in [-0.05, 0) is 44.6 Å². The van der Waals surface area contributed by atoms with Crippen LogP contribution in [-0.4, -0.2) is 24.3 Å². The molecule has 2 heteroatoms. The third-order valence-corrected chi connectivity index (χ3v) is 3.51. The number of fused-ring (bicyclic) bond motifs is 3. The zero-order valence-electron chi connectivity index (χ0n) is 7.09. The van der Waals surface area contributed by atoms with Crippen LogP contribution in [0.15, 0.2) is 0 Å². The maximum absolute atomic E-state index is 9.80. The van der Waals surface area contributed by atoms with Crippen molar-refractivity contribution >= 4 is 0 Å². The molecule has 64 valence electrons. The summed E-state index contributed by atoms with van der Waals surface area (Å²) >= 11 is 0. The first kappa shape index (κ1) is 7.56. The molecule has 11 heavy (non-hydrogen) atoms. The van der Waals surface area contributed by atoms with Gasteiger partial charge in [0.25, 0.3) is 0 Å². The van der Waals surface area contributed by atoms with Gasteiger partial charge in [0.2, 0.25) is 0 Å². The van der Waals surface area contributed by atoms with E-state index in [0.29, 0.717) is 12.0 Å². The normalized spacial score (nSPS) is 49.6. The van der Waals surface area contributed by atoms with Crippen LogP contribution < -0.4 is 5.32 Å². The van der Waals surface area contributed by atoms with Crippen molar-refractivity contribution in [3.05, 3.63) is 0 Å². The van der Waals surface area contributed by atoms with Crippen LogP contribution in [0, 0.1) is 11.8 Å². The van der Waals surface area contributed by atoms with E-state index in [1.807, 2.05) is 7.05 Å². The van der Waals surface area contributed by atoms with Crippen LogP contribution in [0.4, 0.5) is 0 Å². The van der Waals surface area contributed by atoms with E-state index in [1.54, 1.807) is 0 Å². The smallest absolute Gasteiger partial charge is 0.0723 e. The Bertz CT molecular complexity index is 138. The van der Waals surface area contributed by atoms with Gasteiger partial charge in [-0.1, -0.05) is 0 Å². The maximum atomic E-state index is 9.80. The quantitative estimate of drug-likeness (QED) is 0.586. The highest BCUT2D eigenvalue weighted by Crippen LogP contribution is 2.41. The zero-order chi connectivity index (χ0) is 7.84. The largest absolute Gasteiger partial charge is 0.391 e. The molecular formula is C9H17NO. The minimum atomic E-state index is -0.0625. The van der Waals surface area contributed by atoms with Crippen LogP contribution in [0.2, 0.25) is 0 Å². The Morgan fingerprint density at radius 2 is 1.64 bits per heavy atom. The Morgan fingerprint density at radius 3 is 2.00 bits per heavy atom. The maximum Gasteiger partial charge on any atom is 0.0723 e. The second-order valence-corrected chi connectivity index (χ2v) is 3.98. The average Bonchev–Trinajstić information content (AvgIpc) is 2.06. The first-order chi connectivity index (χ1) is 5.33. The van der Waals surface area contributed by atoms with Crippen molar-refractivity contribution in [3.8, 4) is 0 Å². The molecule has 3 saturated carbocycles. The molecule has 0 heterocycles. The topological polar surface area (TPSA) is 32.3 Å². The minimum Gasteiger partial charge on any atom is -0.391 e. The molecule has 2 atom stereocenters. The lowest BCUT2D eigenvalue weighted by atomic mass is 9.66. The summed E-state index contributed by atoms with van der Waals surface area (Å²) in [6.07, 6.45) is 5.10. The van der Waals surface area contributed by atoms with Crippen LogP contribution in [0.25, 0.3) is 0 Å². The molecule has 3 rings (SSSR count). The fourth-order valence-electron chi connectivity index (χ4n) is 2.82. The van der Waals surface area contributed by atoms with Crippen molar-refractivity contribution in [2.45, 2.75) is 37.8 Å². The first-order valence-electron chi connectivity index (χ1n) is 4.68. The summed E-state index contributed by atoms with van der Waals surface area (Å²) < 4.78 is 0. The summed E-state index contributed by atoms with van der Waals surface area (Å²) in [7, 11) is 1.97. The molecule has 3 aliphatic carbocycles. The van der Waals surface area contributed by atoms with Gasteiger partial charge in [-0.25, -0.2) is 0 Å². The highest BCUT2D eigenvalue weighted by molar-refractivity contribution is 4.96. The highest BCUT2D eigenvalue weighted by atomic mass is 16.3. The molecule has 2 nitrogen and oxygen atoms in total. The Labute approximate surface area is 68.0 Å². The van der Waals surface area contributed by atoms with Crippen molar-refractivity contribution < 1.29 is 5.11 Å². The molecule has 3 fully saturated rings. The summed E-state index contributed by atoms with van der Waals surface area (Å²) in [5.74, 6) is 1.34. The number of likely N-dealkylation sites (N-methyl/N-ethyl adjacent to an activating group) is 1. The molecule has 0 radical (unpaired) electrons. The Balaban J connectivity index is 2.10. The third kappa shape index (κ3) is 1.09. The van der Waals surface area contributed by atoms with E-state index in [0.717, 1.165) is 5.92 Å². The van der Waals surface area contributed by atoms with Crippen LogP contribution >= 0.6 is 0 Å². The van der Waals surface area contributed by atoms with E-state index in [9.17, 15) is 5.11 Å². The molecule has 3 aliphatic rings. The summed E-state index contributed by atoms with van der Waals surface area (Å²) in [5.41, 5.74) is 0. The van der Waals surface area contributed by atoms with Crippen molar-refractivity contribution in [3.63, 3.8) is 0 Å². The zero-order valence-corrected chi connectivity index (χ0v) is 7.09. The standard InChI is InChI=1S/C9H17NO/c1-10-8-6-2-4-7(5-3-6)9(8)11/h6-11H,2-5H2,1H3. The monoisotopic (exact) mass is 155 g/mol. The van der Waals surface area contributed by atoms with Crippen molar-refractivity contribution in [1.82, 2.24) is 5.32 Å². The van der Waals surface area contributed by atoms with Gasteiger partial charge in [0.15, 0.2) is 0 Å². The average molecular weight is 155 g/mol. The lowest BCUT2D eigenvalue weighted by Crippen LogP contribution is -2.53. The molecule has 2 unspecified atom stereocenters. The molecule has 0 aromatic rings. The molecule has 0 spiro atoms. The van der Waals surface area contributed by atoms with E-state index < -0.39 is 0 Å². The number of aliphatic hydroxyl groups excluding tert-OH is 1. The number of nitrogens with one attached hydrogen (secondary N) is 1. The Kier molecular flexibility index (Phi) is 1.90. The number of rotatable bonds is 1. The molecule has 0 amide bonds. The second-order valence-electron chi connectivity index (χ2n) is 3.98. The van der Waals surface area contributed by atoms with Gasteiger partial charge < -0.3 is 10.4 Å². The van der Waals surface area contributed by atoms with E-state index >= 15 is 0 Å². The van der Waals surface area contributed by atoms with Gasteiger partial charge in [-0.2, -0.15) is 0 Å². The Morgan fingerprint density at radius 1 is 1.09 bits per heavy atom. The fourth-order valence-corrected chi connectivity index (χ4v) is 2.82. The number of aliphatic hydroxyl groups is 1. The molecule has 2 N–H and O–H groups in total. The van der Waals surface area contributed by atoms with Gasteiger partial charge in [-0.3, -0.25) is 0 Å². The van der Waals surface area contributed by atoms with E-state index in [1.165, 1.54) is 25.7 Å². The van der Waals surface area contributed by atoms with E-state index in [-0.39, 0.29) is 6.10 Å². The molecular weight excluding hydrogens is 138 g/mol. The van der Waals surface area contributed by atoms with Crippen molar-refractivity contribution in [2.24, 2.45) is 11.8 Å². The summed E-state index contributed by atoms with van der Waals surface area (Å²) in [5, 5.41) is 13.0. The summed E-state index contributed by atoms with van der Waals surface area (Å²) in [6, 6.07) is 0.391. The highest BCUT2D eigenvalue weighted by Gasteiger charge is 2.41. The van der Waals surface area contributed by atoms with Gasteiger partial charge in [-0.15, -0.1) is 0 Å². The van der Waals surface area contributed by atoms with Gasteiger partial charge in [0.1, 0.15) is 0 Å². The summed E-state index contributed by atoms with van der Waals surface area (Å²) in [4.78, 5) is 0. The molecule has 0 aliphatic heterocycles. The minimum absolute atomic E-state index is 0.0625. The van der Waals surface area contributed by atoms with Crippen LogP contribution in [0.5, 0.6) is 0 Å². The summed E-state index contributed by atoms with van der Waals surface area (Å²) in [6.45, 7) is 0. The van der Waals surface area contributed by atoms with Gasteiger partial charge >= 0.3 is 0 Å². The molecule has 0 saturated heterocycles. The third-order valence-electron chi connectivity index (χ3n) is 3.51. The van der Waals surface area contributed by atoms with Gasteiger partial charge in [0, 0.05) is 6.04 Å². The second kappa shape index (κ2) is 2.76. The first-order valence-corrected chi connectivity index (χ1v) is 4.68. The van der Waals surface area contributed by atoms with Crippen LogP contribution in [-0.2, 0) is 0 Å². The SMILES string of the molecule is CNC1C2CCC(CC2)C1O. The number of hydrogen-bond acceptors (Lipinski definition) is 2. The Hall–Kier alpha value is -0.0800. The predicted octanol–water partition coefficient (Wildman–Crippen LogP) is 0.755. The fraction of sp³-hybridized carbons (Fsp3) is 1.00. The van der Waals surface area contributed by atoms with Crippen molar-refractivity contribution in [1.29, 1.82) is 0 Å². The number of hydrogen-bond donors (Lipinski definition) is 2. The van der Waals surface area contributed by atoms with Crippen molar-refractivity contribution in [2.75, 3.05) is 7.05 Å². The molecule has 0 aromatic heterocycles.